The van der Waals surface area contributed by atoms with Gasteiger partial charge < -0.3 is 30.0 Å². The van der Waals surface area contributed by atoms with E-state index in [1.54, 1.807) is 0 Å². The van der Waals surface area contributed by atoms with Crippen LogP contribution in [0.5, 0.6) is 0 Å². The molecule has 120 valence electrons. The van der Waals surface area contributed by atoms with Gasteiger partial charge in [-0.2, -0.15) is 0 Å². The molecule has 0 radical (unpaired) electrons. The Morgan fingerprint density at radius 1 is 0.950 bits per heavy atom. The first-order valence-corrected chi connectivity index (χ1v) is 6.07. The van der Waals surface area contributed by atoms with Crippen LogP contribution in [0.25, 0.3) is 0 Å². The predicted octanol–water partition coefficient (Wildman–Crippen LogP) is -1.67. The minimum absolute atomic E-state index is 0.0438. The molecule has 0 aliphatic heterocycles. The van der Waals surface area contributed by atoms with Gasteiger partial charge in [0.05, 0.1) is 0 Å². The van der Waals surface area contributed by atoms with Crippen LogP contribution in [0.4, 0.5) is 9.59 Å². The Bertz CT molecular complexity index is 268. The zero-order valence-electron chi connectivity index (χ0n) is 11.8. The van der Waals surface area contributed by atoms with Crippen LogP contribution < -0.4 is 20.4 Å². The van der Waals surface area contributed by atoms with Crippen molar-refractivity contribution in [3.05, 3.63) is 0 Å². The molecule has 1 aliphatic rings. The van der Waals surface area contributed by atoms with Gasteiger partial charge in [0.2, 0.25) is 0 Å². The van der Waals surface area contributed by atoms with E-state index in [0.29, 0.717) is 0 Å². The van der Waals surface area contributed by atoms with Crippen molar-refractivity contribution < 1.29 is 40.2 Å². The molecule has 0 amide bonds. The third kappa shape index (κ3) is 9.40. The van der Waals surface area contributed by atoms with Gasteiger partial charge >= 0.3 is 0 Å². The van der Waals surface area contributed by atoms with E-state index in [1.807, 2.05) is 0 Å². The first kappa shape index (κ1) is 20.8. The van der Waals surface area contributed by atoms with E-state index in [0.717, 1.165) is 12.8 Å². The fraction of sp³-hybridized carbons (Fsp3) is 0.833. The SMILES string of the molecule is CC(C)(C)C1(OO)CCCCC1.O=C([O-])[O-].O=C([O-])[O-]. The number of hydrogen-bond donors (Lipinski definition) is 1. The summed E-state index contributed by atoms with van der Waals surface area (Å²) in [6.45, 7) is 6.40. The molecule has 0 spiro atoms. The first-order valence-electron chi connectivity index (χ1n) is 6.07. The average Bonchev–Trinajstić information content (AvgIpc) is 2.27. The largest absolute Gasteiger partial charge is 0.652 e. The Hall–Kier alpha value is -1.54. The summed E-state index contributed by atoms with van der Waals surface area (Å²) in [4.78, 5) is 21.4. The molecule has 1 N–H and O–H groups in total. The Balaban J connectivity index is 0. The Kier molecular flexibility index (Phi) is 9.74. The van der Waals surface area contributed by atoms with Gasteiger partial charge in [-0.1, -0.05) is 40.0 Å². The number of carbonyl (C=O) groups is 2. The van der Waals surface area contributed by atoms with Gasteiger partial charge in [0.15, 0.2) is 0 Å². The summed E-state index contributed by atoms with van der Waals surface area (Å²) in [5.74, 6) is 0. The summed E-state index contributed by atoms with van der Waals surface area (Å²) in [5, 5.41) is 42.3. The third-order valence-electron chi connectivity index (χ3n) is 3.20. The molecule has 0 unspecified atom stereocenters. The van der Waals surface area contributed by atoms with Crippen molar-refractivity contribution in [1.29, 1.82) is 0 Å². The lowest BCUT2D eigenvalue weighted by Gasteiger charge is -2.44. The van der Waals surface area contributed by atoms with Crippen molar-refractivity contribution in [2.75, 3.05) is 0 Å². The van der Waals surface area contributed by atoms with E-state index in [2.05, 4.69) is 20.8 Å². The van der Waals surface area contributed by atoms with Crippen molar-refractivity contribution in [3.8, 4) is 0 Å². The van der Waals surface area contributed by atoms with E-state index in [1.165, 1.54) is 19.3 Å². The van der Waals surface area contributed by atoms with Crippen LogP contribution in [0, 0.1) is 5.41 Å². The Morgan fingerprint density at radius 2 is 1.25 bits per heavy atom. The van der Waals surface area contributed by atoms with Crippen molar-refractivity contribution in [2.24, 2.45) is 5.41 Å². The molecule has 1 aliphatic carbocycles. The fourth-order valence-electron chi connectivity index (χ4n) is 2.10. The summed E-state index contributed by atoms with van der Waals surface area (Å²) in [6.07, 6.45) is 0.955. The molecule has 8 heteroatoms. The van der Waals surface area contributed by atoms with Crippen LogP contribution in [0.1, 0.15) is 52.9 Å². The topological polar surface area (TPSA) is 156 Å². The molecular formula is C12H20O8-4. The number of hydrogen-bond acceptors (Lipinski definition) is 8. The van der Waals surface area contributed by atoms with Crippen LogP contribution in [0.2, 0.25) is 0 Å². The summed E-state index contributed by atoms with van der Waals surface area (Å²) < 4.78 is 0. The maximum absolute atomic E-state index is 8.98. The van der Waals surface area contributed by atoms with Gasteiger partial charge in [0.25, 0.3) is 0 Å². The molecule has 8 nitrogen and oxygen atoms in total. The molecule has 1 saturated carbocycles. The highest BCUT2D eigenvalue weighted by Gasteiger charge is 2.44. The van der Waals surface area contributed by atoms with Gasteiger partial charge in [-0.15, -0.1) is 0 Å². The maximum atomic E-state index is 8.98. The van der Waals surface area contributed by atoms with Crippen molar-refractivity contribution in [1.82, 2.24) is 0 Å². The molecule has 1 rings (SSSR count). The lowest BCUT2D eigenvalue weighted by molar-refractivity contribution is -0.417. The highest BCUT2D eigenvalue weighted by molar-refractivity contribution is 5.47. The quantitative estimate of drug-likeness (QED) is 0.444. The van der Waals surface area contributed by atoms with Gasteiger partial charge in [-0.05, 0) is 30.6 Å². The fourth-order valence-corrected chi connectivity index (χ4v) is 2.10. The minimum Gasteiger partial charge on any atom is -0.652 e. The van der Waals surface area contributed by atoms with Crippen LogP contribution in [-0.2, 0) is 4.89 Å². The van der Waals surface area contributed by atoms with E-state index in [-0.39, 0.29) is 11.0 Å². The van der Waals surface area contributed by atoms with E-state index in [9.17, 15) is 0 Å². The van der Waals surface area contributed by atoms with Gasteiger partial charge in [0.1, 0.15) is 5.60 Å². The minimum atomic E-state index is -2.33. The number of carboxylic acid groups (broad SMARTS) is 4. The molecule has 0 aromatic heterocycles. The lowest BCUT2D eigenvalue weighted by atomic mass is 9.68. The number of rotatable bonds is 1. The lowest BCUT2D eigenvalue weighted by Crippen LogP contribution is -2.46. The summed E-state index contributed by atoms with van der Waals surface area (Å²) >= 11 is 0. The third-order valence-corrected chi connectivity index (χ3v) is 3.20. The number of carbonyl (C=O) groups excluding carboxylic acids is 2. The van der Waals surface area contributed by atoms with E-state index in [4.69, 9.17) is 40.2 Å². The second-order valence-corrected chi connectivity index (χ2v) is 5.40. The van der Waals surface area contributed by atoms with E-state index >= 15 is 0 Å². The molecule has 20 heavy (non-hydrogen) atoms. The molecule has 0 aromatic rings. The van der Waals surface area contributed by atoms with Crippen LogP contribution in [0.3, 0.4) is 0 Å². The summed E-state index contributed by atoms with van der Waals surface area (Å²) in [5.41, 5.74) is -0.243. The normalized spacial score (nSPS) is 16.8. The van der Waals surface area contributed by atoms with Crippen molar-refractivity contribution >= 4 is 12.3 Å². The van der Waals surface area contributed by atoms with Gasteiger partial charge in [0, 0.05) is 0 Å². The molecule has 0 saturated heterocycles. The summed E-state index contributed by atoms with van der Waals surface area (Å²) in [6, 6.07) is 0. The second-order valence-electron chi connectivity index (χ2n) is 5.40. The molecule has 0 bridgehead atoms. The Labute approximate surface area is 117 Å². The average molecular weight is 292 g/mol. The predicted molar refractivity (Wildman–Crippen MR) is 59.8 cm³/mol. The molecular weight excluding hydrogens is 272 g/mol. The highest BCUT2D eigenvalue weighted by Crippen LogP contribution is 2.44. The van der Waals surface area contributed by atoms with Crippen LogP contribution in [0.15, 0.2) is 0 Å². The smallest absolute Gasteiger partial charge is 0.108 e. The van der Waals surface area contributed by atoms with E-state index < -0.39 is 12.3 Å². The van der Waals surface area contributed by atoms with Crippen molar-refractivity contribution in [2.45, 2.75) is 58.5 Å². The maximum Gasteiger partial charge on any atom is 0.108 e. The second kappa shape index (κ2) is 9.38. The van der Waals surface area contributed by atoms with Gasteiger partial charge in [-0.3, -0.25) is 5.26 Å². The van der Waals surface area contributed by atoms with Crippen LogP contribution in [-0.4, -0.2) is 23.2 Å². The standard InChI is InChI=1S/C10H20O2.2CH2O3/c1-9(2,3)10(12-11)7-5-4-6-8-10;2*2-1(3)4/h11H,4-8H2,1-3H3;2*(H2,2,3,4)/p-4. The molecule has 0 aromatic carbocycles. The molecule has 1 fully saturated rings. The van der Waals surface area contributed by atoms with Gasteiger partial charge in [-0.25, -0.2) is 4.89 Å². The monoisotopic (exact) mass is 292 g/mol. The van der Waals surface area contributed by atoms with Crippen LogP contribution >= 0.6 is 0 Å². The zero-order valence-corrected chi connectivity index (χ0v) is 11.8. The zero-order chi connectivity index (χ0) is 16.4. The Morgan fingerprint density at radius 3 is 1.40 bits per heavy atom. The molecule has 0 heterocycles. The highest BCUT2D eigenvalue weighted by atomic mass is 17.1. The molecule has 0 atom stereocenters. The summed E-state index contributed by atoms with van der Waals surface area (Å²) in [7, 11) is 0. The van der Waals surface area contributed by atoms with Crippen molar-refractivity contribution in [3.63, 3.8) is 0 Å². The first-order chi connectivity index (χ1) is 8.98.